The SMILES string of the molecule is CC(=O)OCC1=C(C(=O)O)N2C(=O)[C@@H](NC(=O)CSc3cnccn3)[C@H]2SC1. The van der Waals surface area contributed by atoms with Crippen LogP contribution >= 0.6 is 23.5 Å². The number of aromatic nitrogens is 2. The largest absolute Gasteiger partial charge is 0.477 e. The number of ether oxygens (including phenoxy) is 1. The summed E-state index contributed by atoms with van der Waals surface area (Å²) in [6.45, 7) is 1.03. The highest BCUT2D eigenvalue weighted by Gasteiger charge is 2.54. The number of nitrogens with zero attached hydrogens (tertiary/aromatic N) is 3. The number of hydrogen-bond donors (Lipinski definition) is 2. The van der Waals surface area contributed by atoms with E-state index in [4.69, 9.17) is 4.74 Å². The summed E-state index contributed by atoms with van der Waals surface area (Å²) in [7, 11) is 0. The average molecular weight is 424 g/mol. The van der Waals surface area contributed by atoms with Crippen LogP contribution in [0.4, 0.5) is 0 Å². The number of esters is 1. The lowest BCUT2D eigenvalue weighted by atomic mass is 10.0. The van der Waals surface area contributed by atoms with Crippen LogP contribution in [0.15, 0.2) is 34.9 Å². The second-order valence-electron chi connectivity index (χ2n) is 5.82. The van der Waals surface area contributed by atoms with Gasteiger partial charge in [-0.1, -0.05) is 11.8 Å². The molecule has 2 aliphatic heterocycles. The van der Waals surface area contributed by atoms with Crippen molar-refractivity contribution in [2.24, 2.45) is 0 Å². The van der Waals surface area contributed by atoms with Crippen molar-refractivity contribution in [2.45, 2.75) is 23.4 Å². The number of rotatable bonds is 7. The Kier molecular flexibility index (Phi) is 6.19. The molecule has 28 heavy (non-hydrogen) atoms. The van der Waals surface area contributed by atoms with Crippen LogP contribution in [0.1, 0.15) is 6.92 Å². The van der Waals surface area contributed by atoms with Gasteiger partial charge in [0.2, 0.25) is 5.91 Å². The summed E-state index contributed by atoms with van der Waals surface area (Å²) in [5, 5.41) is 12.2. The molecule has 1 aromatic heterocycles. The summed E-state index contributed by atoms with van der Waals surface area (Å²) in [6.07, 6.45) is 4.56. The number of carbonyl (C=O) groups is 4. The number of nitrogens with one attached hydrogen (secondary N) is 1. The smallest absolute Gasteiger partial charge is 0.352 e. The second-order valence-corrected chi connectivity index (χ2v) is 7.93. The number of carbonyl (C=O) groups excluding carboxylic acids is 3. The molecule has 2 aliphatic rings. The number of hydrogen-bond acceptors (Lipinski definition) is 9. The first-order valence-corrected chi connectivity index (χ1v) is 10.1. The summed E-state index contributed by atoms with van der Waals surface area (Å²) >= 11 is 2.49. The Hall–Kier alpha value is -2.60. The van der Waals surface area contributed by atoms with E-state index in [0.717, 1.165) is 4.90 Å². The monoisotopic (exact) mass is 424 g/mol. The maximum Gasteiger partial charge on any atom is 0.352 e. The lowest BCUT2D eigenvalue weighted by molar-refractivity contribution is -0.150. The second kappa shape index (κ2) is 8.61. The van der Waals surface area contributed by atoms with Gasteiger partial charge in [-0.25, -0.2) is 9.78 Å². The van der Waals surface area contributed by atoms with Crippen LogP contribution in [0.3, 0.4) is 0 Å². The normalized spacial score (nSPS) is 20.9. The van der Waals surface area contributed by atoms with E-state index in [1.807, 2.05) is 0 Å². The van der Waals surface area contributed by atoms with Crippen molar-refractivity contribution in [2.75, 3.05) is 18.1 Å². The summed E-state index contributed by atoms with van der Waals surface area (Å²) in [5.74, 6) is -2.34. The van der Waals surface area contributed by atoms with E-state index < -0.39 is 29.3 Å². The fourth-order valence-electron chi connectivity index (χ4n) is 2.70. The van der Waals surface area contributed by atoms with Gasteiger partial charge in [0, 0.05) is 30.6 Å². The first-order chi connectivity index (χ1) is 13.4. The number of β-lactam (4-membered cyclic amide) rings is 1. The molecule has 0 aromatic carbocycles. The molecule has 12 heteroatoms. The fraction of sp³-hybridized carbons (Fsp3) is 0.375. The molecule has 0 aliphatic carbocycles. The van der Waals surface area contributed by atoms with Crippen LogP contribution in [0, 0.1) is 0 Å². The van der Waals surface area contributed by atoms with Gasteiger partial charge in [-0.05, 0) is 0 Å². The standard InChI is InChI=1S/C16H16N4O6S2/c1-8(21)26-5-9-6-28-15-12(14(23)20(15)13(9)16(24)25)19-10(22)7-27-11-4-17-2-3-18-11/h2-4,12,15H,5-7H2,1H3,(H,19,22)(H,24,25)/t12-,15-/m1/s1. The molecule has 2 atom stereocenters. The van der Waals surface area contributed by atoms with Gasteiger partial charge in [-0.3, -0.25) is 24.3 Å². The van der Waals surface area contributed by atoms with Crippen molar-refractivity contribution in [1.82, 2.24) is 20.2 Å². The van der Waals surface area contributed by atoms with E-state index in [0.29, 0.717) is 10.6 Å². The highest BCUT2D eigenvalue weighted by Crippen LogP contribution is 2.40. The summed E-state index contributed by atoms with van der Waals surface area (Å²) in [4.78, 5) is 56.3. The van der Waals surface area contributed by atoms with Crippen LogP contribution < -0.4 is 5.32 Å². The van der Waals surface area contributed by atoms with Crippen LogP contribution in [0.5, 0.6) is 0 Å². The molecular formula is C16H16N4O6S2. The molecule has 2 amide bonds. The van der Waals surface area contributed by atoms with Gasteiger partial charge < -0.3 is 15.2 Å². The molecule has 1 saturated heterocycles. The fourth-order valence-corrected chi connectivity index (χ4v) is 4.66. The van der Waals surface area contributed by atoms with Crippen LogP contribution in [-0.2, 0) is 23.9 Å². The third kappa shape index (κ3) is 4.28. The van der Waals surface area contributed by atoms with Gasteiger partial charge >= 0.3 is 11.9 Å². The highest BCUT2D eigenvalue weighted by atomic mass is 32.2. The van der Waals surface area contributed by atoms with E-state index in [9.17, 15) is 24.3 Å². The number of fused-ring (bicyclic) bond motifs is 1. The van der Waals surface area contributed by atoms with Gasteiger partial charge in [0.15, 0.2) is 0 Å². The first-order valence-electron chi connectivity index (χ1n) is 8.10. The summed E-state index contributed by atoms with van der Waals surface area (Å²) in [5.41, 5.74) is 0.162. The number of aliphatic carboxylic acids is 1. The Labute approximate surface area is 168 Å². The topological polar surface area (TPSA) is 139 Å². The molecule has 0 radical (unpaired) electrons. The van der Waals surface area contributed by atoms with Gasteiger partial charge in [0.05, 0.1) is 11.9 Å². The third-order valence-electron chi connectivity index (χ3n) is 3.91. The van der Waals surface area contributed by atoms with Crippen LogP contribution in [0.25, 0.3) is 0 Å². The predicted molar refractivity (Wildman–Crippen MR) is 99.1 cm³/mol. The van der Waals surface area contributed by atoms with Gasteiger partial charge in [0.25, 0.3) is 5.91 Å². The lowest BCUT2D eigenvalue weighted by Crippen LogP contribution is -2.70. The van der Waals surface area contributed by atoms with E-state index in [-0.39, 0.29) is 29.7 Å². The Bertz CT molecular complexity index is 847. The quantitative estimate of drug-likeness (QED) is 0.346. The minimum Gasteiger partial charge on any atom is -0.477 e. The van der Waals surface area contributed by atoms with E-state index in [1.165, 1.54) is 49.0 Å². The highest BCUT2D eigenvalue weighted by molar-refractivity contribution is 8.00. The number of amides is 2. The summed E-state index contributed by atoms with van der Waals surface area (Å²) < 4.78 is 4.88. The Balaban J connectivity index is 1.62. The molecular weight excluding hydrogens is 408 g/mol. The van der Waals surface area contributed by atoms with Crippen molar-refractivity contribution >= 4 is 47.3 Å². The predicted octanol–water partition coefficient (Wildman–Crippen LogP) is -0.130. The van der Waals surface area contributed by atoms with Crippen LogP contribution in [-0.4, -0.2) is 73.3 Å². The Morgan fingerprint density at radius 1 is 1.43 bits per heavy atom. The maximum atomic E-state index is 12.5. The summed E-state index contributed by atoms with van der Waals surface area (Å²) in [6, 6.07) is -0.801. The average Bonchev–Trinajstić information content (AvgIpc) is 2.68. The van der Waals surface area contributed by atoms with Crippen molar-refractivity contribution in [3.63, 3.8) is 0 Å². The lowest BCUT2D eigenvalue weighted by Gasteiger charge is -2.49. The molecule has 3 heterocycles. The van der Waals surface area contributed by atoms with E-state index >= 15 is 0 Å². The van der Waals surface area contributed by atoms with Crippen LogP contribution in [0.2, 0.25) is 0 Å². The number of carboxylic acids is 1. The van der Waals surface area contributed by atoms with E-state index in [1.54, 1.807) is 0 Å². The van der Waals surface area contributed by atoms with E-state index in [2.05, 4.69) is 15.3 Å². The first kappa shape index (κ1) is 20.1. The molecule has 10 nitrogen and oxygen atoms in total. The third-order valence-corrected chi connectivity index (χ3v) is 6.16. The molecule has 0 saturated carbocycles. The van der Waals surface area contributed by atoms with Gasteiger partial charge in [-0.2, -0.15) is 0 Å². The Morgan fingerprint density at radius 3 is 2.86 bits per heavy atom. The zero-order valence-electron chi connectivity index (χ0n) is 14.7. The van der Waals surface area contributed by atoms with Gasteiger partial charge in [0.1, 0.15) is 28.7 Å². The zero-order chi connectivity index (χ0) is 20.3. The maximum absolute atomic E-state index is 12.5. The molecule has 2 N–H and O–H groups in total. The minimum atomic E-state index is -1.27. The molecule has 0 unspecified atom stereocenters. The molecule has 0 spiro atoms. The molecule has 148 valence electrons. The number of carboxylic acid groups (broad SMARTS) is 1. The van der Waals surface area contributed by atoms with Gasteiger partial charge in [-0.15, -0.1) is 11.8 Å². The minimum absolute atomic E-state index is 0.0548. The molecule has 3 rings (SSSR count). The molecule has 1 aromatic rings. The molecule has 0 bridgehead atoms. The Morgan fingerprint density at radius 2 is 2.21 bits per heavy atom. The zero-order valence-corrected chi connectivity index (χ0v) is 16.3. The van der Waals surface area contributed by atoms with Crippen molar-refractivity contribution in [1.29, 1.82) is 0 Å². The van der Waals surface area contributed by atoms with Crippen molar-refractivity contribution in [3.8, 4) is 0 Å². The number of thioether (sulfide) groups is 2. The van der Waals surface area contributed by atoms with Crippen molar-refractivity contribution in [3.05, 3.63) is 29.9 Å². The van der Waals surface area contributed by atoms with Crippen molar-refractivity contribution < 1.29 is 29.0 Å². The molecule has 1 fully saturated rings.